The molecule has 0 saturated heterocycles. The number of Topliss-reactive ketones (excluding diaryl/α,β-unsaturated/α-hetero) is 1. The van der Waals surface area contributed by atoms with Crippen molar-refractivity contribution in [3.8, 4) is 0 Å². The van der Waals surface area contributed by atoms with Crippen LogP contribution in [-0.4, -0.2) is 5.78 Å². The summed E-state index contributed by atoms with van der Waals surface area (Å²) < 4.78 is 0. The minimum Gasteiger partial charge on any atom is -0.294 e. The van der Waals surface area contributed by atoms with Crippen LogP contribution in [0.2, 0.25) is 5.02 Å². The van der Waals surface area contributed by atoms with Crippen LogP contribution < -0.4 is 0 Å². The van der Waals surface area contributed by atoms with Crippen molar-refractivity contribution in [3.05, 3.63) is 70.2 Å². The highest BCUT2D eigenvalue weighted by atomic mass is 35.5. The highest BCUT2D eigenvalue weighted by Crippen LogP contribution is 2.17. The van der Waals surface area contributed by atoms with Gasteiger partial charge in [0.2, 0.25) is 0 Å². The van der Waals surface area contributed by atoms with Crippen molar-refractivity contribution in [1.29, 1.82) is 0 Å². The van der Waals surface area contributed by atoms with E-state index < -0.39 is 0 Å². The number of carbonyl (C=O) groups excluding carboxylic acids is 1. The number of hydrogen-bond acceptors (Lipinski definition) is 1. The first-order valence-electron chi connectivity index (χ1n) is 5.50. The normalized spacial score (nSPS) is 10.2. The highest BCUT2D eigenvalue weighted by molar-refractivity contribution is 6.31. The lowest BCUT2D eigenvalue weighted by molar-refractivity contribution is 0.0993. The van der Waals surface area contributed by atoms with Crippen molar-refractivity contribution in [2.45, 2.75) is 13.3 Å². The Labute approximate surface area is 106 Å². The van der Waals surface area contributed by atoms with Crippen LogP contribution in [0.5, 0.6) is 0 Å². The van der Waals surface area contributed by atoms with E-state index in [1.807, 2.05) is 43.3 Å². The molecule has 2 aromatic carbocycles. The molecule has 0 N–H and O–H groups in total. The van der Waals surface area contributed by atoms with Crippen LogP contribution in [0, 0.1) is 6.92 Å². The van der Waals surface area contributed by atoms with Crippen LogP contribution in [-0.2, 0) is 6.42 Å². The summed E-state index contributed by atoms with van der Waals surface area (Å²) >= 11 is 5.93. The summed E-state index contributed by atoms with van der Waals surface area (Å²) in [5.41, 5.74) is 2.69. The van der Waals surface area contributed by atoms with Crippen molar-refractivity contribution < 1.29 is 4.79 Å². The van der Waals surface area contributed by atoms with E-state index in [1.54, 1.807) is 12.1 Å². The van der Waals surface area contributed by atoms with Crippen LogP contribution in [0.25, 0.3) is 0 Å². The fourth-order valence-electron chi connectivity index (χ4n) is 1.70. The topological polar surface area (TPSA) is 17.1 Å². The lowest BCUT2D eigenvalue weighted by atomic mass is 10.0. The minimum absolute atomic E-state index is 0.121. The molecule has 2 aromatic rings. The highest BCUT2D eigenvalue weighted by Gasteiger charge is 2.08. The Morgan fingerprint density at radius 1 is 1.12 bits per heavy atom. The Bertz CT molecular complexity index is 532. The van der Waals surface area contributed by atoms with Gasteiger partial charge in [-0.15, -0.1) is 0 Å². The maximum Gasteiger partial charge on any atom is 0.167 e. The Balaban J connectivity index is 2.18. The number of carbonyl (C=O) groups is 1. The van der Waals surface area contributed by atoms with Gasteiger partial charge in [0.1, 0.15) is 0 Å². The second-order valence-electron chi connectivity index (χ2n) is 4.05. The molecule has 2 rings (SSSR count). The molecule has 0 aliphatic rings. The quantitative estimate of drug-likeness (QED) is 0.744. The molecule has 17 heavy (non-hydrogen) atoms. The number of halogens is 1. The van der Waals surface area contributed by atoms with E-state index in [2.05, 4.69) is 0 Å². The lowest BCUT2D eigenvalue weighted by Crippen LogP contribution is -2.03. The maximum absolute atomic E-state index is 12.0. The van der Waals surface area contributed by atoms with Crippen LogP contribution >= 0.6 is 11.6 Å². The molecule has 0 aromatic heterocycles. The summed E-state index contributed by atoms with van der Waals surface area (Å²) in [4.78, 5) is 12.0. The molecule has 0 spiro atoms. The van der Waals surface area contributed by atoms with Gasteiger partial charge >= 0.3 is 0 Å². The predicted octanol–water partition coefficient (Wildman–Crippen LogP) is 4.07. The average molecular weight is 245 g/mol. The minimum atomic E-state index is 0.121. The number of rotatable bonds is 3. The van der Waals surface area contributed by atoms with E-state index in [0.717, 1.165) is 16.7 Å². The first-order valence-corrected chi connectivity index (χ1v) is 5.88. The SMILES string of the molecule is Cc1cc(C(=O)Cc2ccccc2)ccc1Cl. The van der Waals surface area contributed by atoms with E-state index in [4.69, 9.17) is 11.6 Å². The van der Waals surface area contributed by atoms with E-state index in [-0.39, 0.29) is 5.78 Å². The first kappa shape index (κ1) is 11.9. The summed E-state index contributed by atoms with van der Waals surface area (Å²) in [5.74, 6) is 0.121. The first-order chi connectivity index (χ1) is 8.16. The Kier molecular flexibility index (Phi) is 3.60. The zero-order chi connectivity index (χ0) is 12.3. The van der Waals surface area contributed by atoms with Gasteiger partial charge in [-0.2, -0.15) is 0 Å². The zero-order valence-electron chi connectivity index (χ0n) is 9.61. The summed E-state index contributed by atoms with van der Waals surface area (Å²) in [7, 11) is 0. The van der Waals surface area contributed by atoms with Crippen molar-refractivity contribution in [2.24, 2.45) is 0 Å². The van der Waals surface area contributed by atoms with Gasteiger partial charge in [0.25, 0.3) is 0 Å². The van der Waals surface area contributed by atoms with E-state index in [0.29, 0.717) is 11.4 Å². The maximum atomic E-state index is 12.0. The van der Waals surface area contributed by atoms with Gasteiger partial charge in [0.05, 0.1) is 0 Å². The van der Waals surface area contributed by atoms with Gasteiger partial charge in [-0.1, -0.05) is 41.9 Å². The standard InChI is InChI=1S/C15H13ClO/c1-11-9-13(7-8-14(11)16)15(17)10-12-5-3-2-4-6-12/h2-9H,10H2,1H3. The van der Waals surface area contributed by atoms with Gasteiger partial charge in [0.15, 0.2) is 5.78 Å². The molecule has 0 saturated carbocycles. The third-order valence-electron chi connectivity index (χ3n) is 2.69. The summed E-state index contributed by atoms with van der Waals surface area (Å²) in [6.45, 7) is 1.90. The molecule has 0 fully saturated rings. The monoisotopic (exact) mass is 244 g/mol. The van der Waals surface area contributed by atoms with Gasteiger partial charge < -0.3 is 0 Å². The smallest absolute Gasteiger partial charge is 0.167 e. The van der Waals surface area contributed by atoms with Crippen LogP contribution in [0.3, 0.4) is 0 Å². The summed E-state index contributed by atoms with van der Waals surface area (Å²) in [6.07, 6.45) is 0.432. The predicted molar refractivity (Wildman–Crippen MR) is 70.7 cm³/mol. The third kappa shape index (κ3) is 2.95. The third-order valence-corrected chi connectivity index (χ3v) is 3.11. The second-order valence-corrected chi connectivity index (χ2v) is 4.46. The van der Waals surface area contributed by atoms with Gasteiger partial charge in [-0.25, -0.2) is 0 Å². The van der Waals surface area contributed by atoms with E-state index in [1.165, 1.54) is 0 Å². The number of benzene rings is 2. The van der Waals surface area contributed by atoms with Crippen LogP contribution in [0.4, 0.5) is 0 Å². The molecule has 0 unspecified atom stereocenters. The molecular weight excluding hydrogens is 232 g/mol. The van der Waals surface area contributed by atoms with Gasteiger partial charge in [-0.3, -0.25) is 4.79 Å². The van der Waals surface area contributed by atoms with Crippen molar-refractivity contribution in [3.63, 3.8) is 0 Å². The average Bonchev–Trinajstić information content (AvgIpc) is 2.34. The molecule has 0 atom stereocenters. The van der Waals surface area contributed by atoms with E-state index >= 15 is 0 Å². The lowest BCUT2D eigenvalue weighted by Gasteiger charge is -2.04. The number of aryl methyl sites for hydroxylation is 1. The van der Waals surface area contributed by atoms with Crippen molar-refractivity contribution >= 4 is 17.4 Å². The van der Waals surface area contributed by atoms with Gasteiger partial charge in [0, 0.05) is 17.0 Å². The van der Waals surface area contributed by atoms with E-state index in [9.17, 15) is 4.79 Å². The number of hydrogen-bond donors (Lipinski definition) is 0. The summed E-state index contributed by atoms with van der Waals surface area (Å²) in [5, 5.41) is 0.696. The van der Waals surface area contributed by atoms with Crippen LogP contribution in [0.15, 0.2) is 48.5 Å². The Morgan fingerprint density at radius 2 is 1.82 bits per heavy atom. The largest absolute Gasteiger partial charge is 0.294 e. The van der Waals surface area contributed by atoms with Crippen molar-refractivity contribution in [2.75, 3.05) is 0 Å². The second kappa shape index (κ2) is 5.15. The molecule has 0 radical (unpaired) electrons. The fourth-order valence-corrected chi connectivity index (χ4v) is 1.82. The molecule has 0 aliphatic carbocycles. The summed E-state index contributed by atoms with van der Waals surface area (Å²) in [6, 6.07) is 15.1. The number of ketones is 1. The molecule has 0 bridgehead atoms. The van der Waals surface area contributed by atoms with Crippen LogP contribution in [0.1, 0.15) is 21.5 Å². The fraction of sp³-hybridized carbons (Fsp3) is 0.133. The molecule has 0 aliphatic heterocycles. The molecule has 86 valence electrons. The zero-order valence-corrected chi connectivity index (χ0v) is 10.4. The molecule has 0 heterocycles. The molecule has 2 heteroatoms. The Morgan fingerprint density at radius 3 is 2.47 bits per heavy atom. The molecular formula is C15H13ClO. The van der Waals surface area contributed by atoms with Crippen molar-refractivity contribution in [1.82, 2.24) is 0 Å². The molecule has 0 amide bonds. The molecule has 1 nitrogen and oxygen atoms in total. The van der Waals surface area contributed by atoms with Gasteiger partial charge in [-0.05, 0) is 36.2 Å². The Hall–Kier alpha value is -1.60.